The number of aliphatic hydroxyl groups is 2. The number of hydrogen-bond acceptors (Lipinski definition) is 9. The number of aromatic nitrogens is 4. The Balaban J connectivity index is 1.44. The van der Waals surface area contributed by atoms with Crippen LogP contribution >= 0.6 is 0 Å². The molecule has 0 saturated carbocycles. The third-order valence-corrected chi connectivity index (χ3v) is 6.23. The Kier molecular flexibility index (Phi) is 6.99. The first-order valence-electron chi connectivity index (χ1n) is 11.9. The summed E-state index contributed by atoms with van der Waals surface area (Å²) < 4.78 is 45.1. The number of anilines is 3. The first-order chi connectivity index (χ1) is 18.2. The second-order valence-corrected chi connectivity index (χ2v) is 8.90. The molecule has 5 rings (SSSR count). The van der Waals surface area contributed by atoms with Crippen LogP contribution in [0.25, 0.3) is 11.4 Å². The number of benzene rings is 1. The molecule has 2 amide bonds. The summed E-state index contributed by atoms with van der Waals surface area (Å²) >= 11 is 0. The molecular formula is C24H24F3N7O4. The third-order valence-electron chi connectivity index (χ3n) is 6.23. The fourth-order valence-electron chi connectivity index (χ4n) is 4.43. The summed E-state index contributed by atoms with van der Waals surface area (Å²) in [5, 5.41) is 21.1. The Bertz CT molecular complexity index is 1330. The molecule has 2 bridgehead atoms. The average Bonchev–Trinajstić information content (AvgIpc) is 2.91. The minimum Gasteiger partial charge on any atom is -0.461 e. The van der Waals surface area contributed by atoms with Crippen LogP contribution < -0.4 is 19.9 Å². The van der Waals surface area contributed by atoms with Crippen molar-refractivity contribution in [1.29, 1.82) is 0 Å². The first-order valence-corrected chi connectivity index (χ1v) is 11.9. The number of hydrogen-bond donors (Lipinski definition) is 3. The van der Waals surface area contributed by atoms with Gasteiger partial charge < -0.3 is 19.8 Å². The van der Waals surface area contributed by atoms with Gasteiger partial charge in [0, 0.05) is 24.8 Å². The van der Waals surface area contributed by atoms with Gasteiger partial charge in [-0.05, 0) is 31.0 Å². The molecule has 1 saturated heterocycles. The van der Waals surface area contributed by atoms with E-state index in [0.717, 1.165) is 25.1 Å². The molecule has 1 unspecified atom stereocenters. The zero-order chi connectivity index (χ0) is 26.9. The van der Waals surface area contributed by atoms with Crippen LogP contribution in [0.15, 0.2) is 42.7 Å². The number of carbonyl (C=O) groups is 1. The van der Waals surface area contributed by atoms with Crippen LogP contribution in [-0.4, -0.2) is 74.6 Å². The lowest BCUT2D eigenvalue weighted by Gasteiger charge is -2.45. The topological polar surface area (TPSA) is 137 Å². The second kappa shape index (κ2) is 10.4. The standard InChI is InChI=1S/C24H24F3N7O4/c25-24(26,27)15-4-1-3-14(9-15)20-29-10-18-21(32-20)34(16-5-2-8-33(18)11-16)23(37)31-19-6-7-28-22(30-19)38-13-17(36)12-35/h1,3-4,6-7,9-10,16-17,35-36H,2,5,8,11-13H2,(H,28,30,31,37)/t16?,17-/m1/s1. The third kappa shape index (κ3) is 5.31. The highest BCUT2D eigenvalue weighted by Gasteiger charge is 2.39. The molecule has 2 aliphatic rings. The Labute approximate surface area is 214 Å². The van der Waals surface area contributed by atoms with Gasteiger partial charge in [0.25, 0.3) is 0 Å². The number of alkyl halides is 3. The van der Waals surface area contributed by atoms with Gasteiger partial charge in [0.1, 0.15) is 18.5 Å². The van der Waals surface area contributed by atoms with Gasteiger partial charge in [-0.15, -0.1) is 0 Å². The molecule has 3 N–H and O–H groups in total. The van der Waals surface area contributed by atoms with Gasteiger partial charge >= 0.3 is 18.2 Å². The minimum atomic E-state index is -4.52. The summed E-state index contributed by atoms with van der Waals surface area (Å²) in [6, 6.07) is 5.32. The molecule has 1 aromatic carbocycles. The highest BCUT2D eigenvalue weighted by Crippen LogP contribution is 2.39. The van der Waals surface area contributed by atoms with Crippen LogP contribution in [0.4, 0.5) is 35.3 Å². The maximum Gasteiger partial charge on any atom is 0.416 e. The number of ether oxygens (including phenoxy) is 1. The van der Waals surface area contributed by atoms with E-state index >= 15 is 0 Å². The van der Waals surface area contributed by atoms with E-state index in [1.54, 1.807) is 0 Å². The van der Waals surface area contributed by atoms with Crippen molar-refractivity contribution in [3.63, 3.8) is 0 Å². The average molecular weight is 531 g/mol. The molecule has 4 heterocycles. The summed E-state index contributed by atoms with van der Waals surface area (Å²) in [6.07, 6.45) is -1.19. The van der Waals surface area contributed by atoms with Crippen LogP contribution in [0.2, 0.25) is 0 Å². The van der Waals surface area contributed by atoms with Crippen LogP contribution in [0, 0.1) is 0 Å². The van der Waals surface area contributed by atoms with Crippen molar-refractivity contribution in [1.82, 2.24) is 19.9 Å². The zero-order valence-corrected chi connectivity index (χ0v) is 20.0. The van der Waals surface area contributed by atoms with E-state index in [1.807, 2.05) is 0 Å². The van der Waals surface area contributed by atoms with Gasteiger partial charge in [0.15, 0.2) is 11.6 Å². The summed E-state index contributed by atoms with van der Waals surface area (Å²) in [7, 11) is 0. The predicted molar refractivity (Wildman–Crippen MR) is 130 cm³/mol. The lowest BCUT2D eigenvalue weighted by molar-refractivity contribution is -0.137. The normalized spacial score (nSPS) is 17.6. The van der Waals surface area contributed by atoms with E-state index in [0.29, 0.717) is 18.7 Å². The van der Waals surface area contributed by atoms with E-state index in [-0.39, 0.29) is 41.7 Å². The molecule has 2 aliphatic heterocycles. The Morgan fingerprint density at radius 3 is 2.87 bits per heavy atom. The van der Waals surface area contributed by atoms with Crippen molar-refractivity contribution >= 4 is 23.4 Å². The number of nitrogens with zero attached hydrogens (tertiary/aromatic N) is 6. The number of nitrogens with one attached hydrogen (secondary N) is 1. The van der Waals surface area contributed by atoms with Gasteiger partial charge in [-0.2, -0.15) is 18.2 Å². The molecule has 0 spiro atoms. The fraction of sp³-hybridized carbons (Fsp3) is 0.375. The van der Waals surface area contributed by atoms with Crippen LogP contribution in [-0.2, 0) is 6.18 Å². The lowest BCUT2D eigenvalue weighted by Crippen LogP contribution is -2.56. The smallest absolute Gasteiger partial charge is 0.416 e. The molecule has 14 heteroatoms. The zero-order valence-electron chi connectivity index (χ0n) is 20.0. The Hall–Kier alpha value is -4.04. The Morgan fingerprint density at radius 2 is 2.08 bits per heavy atom. The van der Waals surface area contributed by atoms with Gasteiger partial charge in [0.2, 0.25) is 0 Å². The molecule has 11 nitrogen and oxygen atoms in total. The summed E-state index contributed by atoms with van der Waals surface area (Å²) in [6.45, 7) is 0.579. The quantitative estimate of drug-likeness (QED) is 0.439. The van der Waals surface area contributed by atoms with E-state index in [1.165, 1.54) is 35.5 Å². The minimum absolute atomic E-state index is 0.0639. The molecule has 1 fully saturated rings. The maximum atomic E-state index is 13.5. The highest BCUT2D eigenvalue weighted by molar-refractivity contribution is 6.04. The first kappa shape index (κ1) is 25.6. The van der Waals surface area contributed by atoms with Crippen LogP contribution in [0.3, 0.4) is 0 Å². The number of aliphatic hydroxyl groups excluding tert-OH is 2. The fourth-order valence-corrected chi connectivity index (χ4v) is 4.43. The van der Waals surface area contributed by atoms with Crippen LogP contribution in [0.5, 0.6) is 6.01 Å². The lowest BCUT2D eigenvalue weighted by atomic mass is 10.0. The summed E-state index contributed by atoms with van der Waals surface area (Å²) in [5.74, 6) is 0.483. The molecule has 0 radical (unpaired) electrons. The number of amides is 2. The molecular weight excluding hydrogens is 507 g/mol. The van der Waals surface area contributed by atoms with Crippen molar-refractivity contribution < 1.29 is 32.9 Å². The molecule has 0 aliphatic carbocycles. The highest BCUT2D eigenvalue weighted by atomic mass is 19.4. The molecule has 2 aromatic heterocycles. The number of urea groups is 1. The van der Waals surface area contributed by atoms with Crippen molar-refractivity contribution in [3.05, 3.63) is 48.3 Å². The number of rotatable bonds is 6. The van der Waals surface area contributed by atoms with Crippen molar-refractivity contribution in [2.24, 2.45) is 0 Å². The molecule has 2 atom stereocenters. The van der Waals surface area contributed by atoms with Gasteiger partial charge in [-0.25, -0.2) is 19.7 Å². The summed E-state index contributed by atoms with van der Waals surface area (Å²) in [5.41, 5.74) is -0.0345. The second-order valence-electron chi connectivity index (χ2n) is 8.90. The monoisotopic (exact) mass is 531 g/mol. The molecule has 200 valence electrons. The van der Waals surface area contributed by atoms with E-state index in [4.69, 9.17) is 9.84 Å². The predicted octanol–water partition coefficient (Wildman–Crippen LogP) is 2.71. The van der Waals surface area contributed by atoms with Gasteiger partial charge in [-0.1, -0.05) is 12.1 Å². The van der Waals surface area contributed by atoms with Crippen LogP contribution in [0.1, 0.15) is 18.4 Å². The Morgan fingerprint density at radius 1 is 1.24 bits per heavy atom. The van der Waals surface area contributed by atoms with Gasteiger partial charge in [0.05, 0.1) is 30.1 Å². The van der Waals surface area contributed by atoms with Gasteiger partial charge in [-0.3, -0.25) is 10.2 Å². The number of carbonyl (C=O) groups excluding carboxylic acids is 1. The number of piperidine rings is 1. The number of halogens is 3. The maximum absolute atomic E-state index is 13.5. The molecule has 38 heavy (non-hydrogen) atoms. The van der Waals surface area contributed by atoms with E-state index in [2.05, 4.69) is 30.2 Å². The molecule has 3 aromatic rings. The SMILES string of the molecule is O=C(Nc1ccnc(OC[C@H](O)CO)n1)N1c2nc(-c3cccc(C(F)(F)F)c3)ncc2N2CCCC1C2. The largest absolute Gasteiger partial charge is 0.461 e. The van der Waals surface area contributed by atoms with Crippen molar-refractivity contribution in [3.8, 4) is 17.4 Å². The number of fused-ring (bicyclic) bond motifs is 4. The van der Waals surface area contributed by atoms with E-state index in [9.17, 15) is 23.1 Å². The van der Waals surface area contributed by atoms with Crippen molar-refractivity contribution in [2.75, 3.05) is 41.4 Å². The van der Waals surface area contributed by atoms with Crippen molar-refractivity contribution in [2.45, 2.75) is 31.2 Å². The van der Waals surface area contributed by atoms with E-state index < -0.39 is 30.5 Å². The summed E-state index contributed by atoms with van der Waals surface area (Å²) in [4.78, 5) is 33.9.